The first kappa shape index (κ1) is 11.8. The van der Waals surface area contributed by atoms with Crippen LogP contribution in [-0.2, 0) is 0 Å². The predicted octanol–water partition coefficient (Wildman–Crippen LogP) is 1.04. The normalized spacial score (nSPS) is 19.2. The molecule has 0 bridgehead atoms. The summed E-state index contributed by atoms with van der Waals surface area (Å²) in [6, 6.07) is 3.19. The number of anilines is 1. The summed E-state index contributed by atoms with van der Waals surface area (Å²) < 4.78 is 0. The van der Waals surface area contributed by atoms with Crippen LogP contribution in [-0.4, -0.2) is 36.6 Å². The van der Waals surface area contributed by atoms with E-state index in [0.29, 0.717) is 5.92 Å². The third-order valence-corrected chi connectivity index (χ3v) is 3.03. The van der Waals surface area contributed by atoms with Gasteiger partial charge in [0.2, 0.25) is 0 Å². The topological polar surface area (TPSA) is 71.3 Å². The molecule has 1 aromatic heterocycles. The molecule has 1 atom stereocenters. The number of hydrogen-bond acceptors (Lipinski definition) is 5. The second-order valence-electron chi connectivity index (χ2n) is 4.37. The van der Waals surface area contributed by atoms with Crippen molar-refractivity contribution in [1.29, 1.82) is 0 Å². The zero-order chi connectivity index (χ0) is 12.3. The SMILES string of the molecule is CN(C[C@H]1CCNC1)c1ccc([N+](=O)[O-])cn1. The van der Waals surface area contributed by atoms with Gasteiger partial charge in [0, 0.05) is 19.7 Å². The average molecular weight is 236 g/mol. The summed E-state index contributed by atoms with van der Waals surface area (Å²) in [5.74, 6) is 1.42. The first-order valence-electron chi connectivity index (χ1n) is 5.69. The second-order valence-corrected chi connectivity index (χ2v) is 4.37. The molecule has 2 rings (SSSR count). The minimum atomic E-state index is -0.433. The van der Waals surface area contributed by atoms with E-state index < -0.39 is 4.92 Å². The Balaban J connectivity index is 1.98. The van der Waals surface area contributed by atoms with E-state index in [1.165, 1.54) is 18.7 Å². The maximum absolute atomic E-state index is 10.5. The van der Waals surface area contributed by atoms with Gasteiger partial charge in [-0.3, -0.25) is 10.1 Å². The molecule has 0 radical (unpaired) electrons. The Morgan fingerprint density at radius 2 is 2.47 bits per heavy atom. The lowest BCUT2D eigenvalue weighted by Crippen LogP contribution is -2.27. The quantitative estimate of drug-likeness (QED) is 0.624. The van der Waals surface area contributed by atoms with Gasteiger partial charge < -0.3 is 10.2 Å². The Morgan fingerprint density at radius 1 is 1.65 bits per heavy atom. The fourth-order valence-corrected chi connectivity index (χ4v) is 2.06. The molecule has 0 aromatic carbocycles. The van der Waals surface area contributed by atoms with Crippen LogP contribution in [0, 0.1) is 16.0 Å². The molecular weight excluding hydrogens is 220 g/mol. The summed E-state index contributed by atoms with van der Waals surface area (Å²) in [5.41, 5.74) is 0.0321. The molecule has 92 valence electrons. The van der Waals surface area contributed by atoms with E-state index in [1.807, 2.05) is 11.9 Å². The zero-order valence-corrected chi connectivity index (χ0v) is 9.80. The third kappa shape index (κ3) is 2.91. The molecule has 1 aliphatic heterocycles. The highest BCUT2D eigenvalue weighted by atomic mass is 16.6. The molecule has 0 amide bonds. The number of nitrogens with one attached hydrogen (secondary N) is 1. The van der Waals surface area contributed by atoms with E-state index >= 15 is 0 Å². The standard InChI is InChI=1S/C11H16N4O2/c1-14(8-9-4-5-12-6-9)11-3-2-10(7-13-11)15(16)17/h2-3,7,9,12H,4-6,8H2,1H3/t9-/m0/s1. The monoisotopic (exact) mass is 236 g/mol. The van der Waals surface area contributed by atoms with Gasteiger partial charge in [0.1, 0.15) is 12.0 Å². The van der Waals surface area contributed by atoms with Crippen molar-refractivity contribution in [3.63, 3.8) is 0 Å². The van der Waals surface area contributed by atoms with Crippen molar-refractivity contribution in [2.75, 3.05) is 31.6 Å². The molecule has 0 spiro atoms. The van der Waals surface area contributed by atoms with Crippen LogP contribution in [0.1, 0.15) is 6.42 Å². The summed E-state index contributed by atoms with van der Waals surface area (Å²) in [6.45, 7) is 3.04. The van der Waals surface area contributed by atoms with Gasteiger partial charge >= 0.3 is 0 Å². The third-order valence-electron chi connectivity index (χ3n) is 3.03. The minimum absolute atomic E-state index is 0.0321. The van der Waals surface area contributed by atoms with E-state index in [0.717, 1.165) is 25.5 Å². The van der Waals surface area contributed by atoms with E-state index in [1.54, 1.807) is 6.07 Å². The molecule has 6 nitrogen and oxygen atoms in total. The summed E-state index contributed by atoms with van der Waals surface area (Å²) in [4.78, 5) is 16.2. The molecule has 1 N–H and O–H groups in total. The van der Waals surface area contributed by atoms with E-state index in [-0.39, 0.29) is 5.69 Å². The van der Waals surface area contributed by atoms with Crippen LogP contribution in [0.5, 0.6) is 0 Å². The van der Waals surface area contributed by atoms with Crippen LogP contribution in [0.4, 0.5) is 11.5 Å². The lowest BCUT2D eigenvalue weighted by atomic mass is 10.1. The second kappa shape index (κ2) is 5.09. The van der Waals surface area contributed by atoms with Crippen molar-refractivity contribution in [2.24, 2.45) is 5.92 Å². The Kier molecular flexibility index (Phi) is 3.53. The fraction of sp³-hybridized carbons (Fsp3) is 0.545. The summed E-state index contributed by atoms with van der Waals surface area (Å²) in [6.07, 6.45) is 2.48. The van der Waals surface area contributed by atoms with Gasteiger partial charge in [-0.2, -0.15) is 0 Å². The molecule has 2 heterocycles. The number of nitro groups is 1. The van der Waals surface area contributed by atoms with Crippen molar-refractivity contribution < 1.29 is 4.92 Å². The Hall–Kier alpha value is -1.69. The first-order valence-corrected chi connectivity index (χ1v) is 5.69. The van der Waals surface area contributed by atoms with Crippen molar-refractivity contribution >= 4 is 11.5 Å². The van der Waals surface area contributed by atoms with Crippen molar-refractivity contribution in [1.82, 2.24) is 10.3 Å². The smallest absolute Gasteiger partial charge is 0.287 e. The van der Waals surface area contributed by atoms with Crippen molar-refractivity contribution in [3.8, 4) is 0 Å². The molecule has 1 fully saturated rings. The van der Waals surface area contributed by atoms with Crippen molar-refractivity contribution in [3.05, 3.63) is 28.4 Å². The number of pyridine rings is 1. The van der Waals surface area contributed by atoms with Crippen LogP contribution < -0.4 is 10.2 Å². The summed E-state index contributed by atoms with van der Waals surface area (Å²) in [7, 11) is 1.96. The van der Waals surface area contributed by atoms with E-state index in [4.69, 9.17) is 0 Å². The lowest BCUT2D eigenvalue weighted by Gasteiger charge is -2.21. The zero-order valence-electron chi connectivity index (χ0n) is 9.80. The molecule has 6 heteroatoms. The molecule has 17 heavy (non-hydrogen) atoms. The van der Waals surface area contributed by atoms with Crippen LogP contribution in [0.15, 0.2) is 18.3 Å². The molecule has 1 aliphatic rings. The van der Waals surface area contributed by atoms with Gasteiger partial charge in [0.25, 0.3) is 5.69 Å². The highest BCUT2D eigenvalue weighted by Crippen LogP contribution is 2.17. The largest absolute Gasteiger partial charge is 0.359 e. The number of rotatable bonds is 4. The Bertz CT molecular complexity index is 387. The maximum Gasteiger partial charge on any atom is 0.287 e. The summed E-state index contributed by atoms with van der Waals surface area (Å²) >= 11 is 0. The first-order chi connectivity index (χ1) is 8.16. The molecule has 0 aliphatic carbocycles. The number of nitrogens with zero attached hydrogens (tertiary/aromatic N) is 3. The fourth-order valence-electron chi connectivity index (χ4n) is 2.06. The van der Waals surface area contributed by atoms with Crippen LogP contribution in [0.2, 0.25) is 0 Å². The van der Waals surface area contributed by atoms with Gasteiger partial charge in [-0.15, -0.1) is 0 Å². The molecule has 1 saturated heterocycles. The number of hydrogen-bond donors (Lipinski definition) is 1. The Morgan fingerprint density at radius 3 is 3.00 bits per heavy atom. The highest BCUT2D eigenvalue weighted by Gasteiger charge is 2.17. The maximum atomic E-state index is 10.5. The Labute approximate surface area is 99.8 Å². The van der Waals surface area contributed by atoms with Crippen LogP contribution in [0.25, 0.3) is 0 Å². The van der Waals surface area contributed by atoms with Crippen LogP contribution >= 0.6 is 0 Å². The highest BCUT2D eigenvalue weighted by molar-refractivity contribution is 5.42. The average Bonchev–Trinajstić information content (AvgIpc) is 2.82. The van der Waals surface area contributed by atoms with E-state index in [9.17, 15) is 10.1 Å². The predicted molar refractivity (Wildman–Crippen MR) is 65.1 cm³/mol. The molecule has 0 saturated carbocycles. The minimum Gasteiger partial charge on any atom is -0.359 e. The summed E-state index contributed by atoms with van der Waals surface area (Å²) in [5, 5.41) is 13.8. The lowest BCUT2D eigenvalue weighted by molar-refractivity contribution is -0.385. The van der Waals surface area contributed by atoms with Crippen molar-refractivity contribution in [2.45, 2.75) is 6.42 Å². The molecule has 1 aromatic rings. The van der Waals surface area contributed by atoms with Gasteiger partial charge in [0.15, 0.2) is 0 Å². The van der Waals surface area contributed by atoms with Gasteiger partial charge in [-0.25, -0.2) is 4.98 Å². The van der Waals surface area contributed by atoms with Gasteiger partial charge in [0.05, 0.1) is 4.92 Å². The molecule has 0 unspecified atom stereocenters. The van der Waals surface area contributed by atoms with E-state index in [2.05, 4.69) is 10.3 Å². The number of aromatic nitrogens is 1. The van der Waals surface area contributed by atoms with Gasteiger partial charge in [-0.1, -0.05) is 0 Å². The van der Waals surface area contributed by atoms with Crippen LogP contribution in [0.3, 0.4) is 0 Å². The van der Waals surface area contributed by atoms with Gasteiger partial charge in [-0.05, 0) is 31.5 Å². The molecular formula is C11H16N4O2.